The number of hydrogen-bond donors (Lipinski definition) is 3. The third-order valence-electron chi connectivity index (χ3n) is 6.78. The van der Waals surface area contributed by atoms with E-state index < -0.39 is 18.1 Å². The number of aromatic nitrogens is 1. The van der Waals surface area contributed by atoms with Crippen molar-refractivity contribution in [3.8, 4) is 0 Å². The zero-order valence-electron chi connectivity index (χ0n) is 20.8. The minimum absolute atomic E-state index is 0.152. The third kappa shape index (κ3) is 4.66. The Hall–Kier alpha value is -3.65. The van der Waals surface area contributed by atoms with Gasteiger partial charge in [0.2, 0.25) is 11.8 Å². The Labute approximate surface area is 205 Å². The van der Waals surface area contributed by atoms with Crippen LogP contribution in [0.1, 0.15) is 37.9 Å². The molecule has 184 valence electrons. The van der Waals surface area contributed by atoms with Crippen molar-refractivity contribution in [1.82, 2.24) is 20.1 Å². The lowest BCUT2D eigenvalue weighted by molar-refractivity contribution is -0.143. The van der Waals surface area contributed by atoms with E-state index in [2.05, 4.69) is 16.0 Å². The van der Waals surface area contributed by atoms with Crippen LogP contribution in [0.25, 0.3) is 10.9 Å². The fourth-order valence-corrected chi connectivity index (χ4v) is 4.59. The number of carbonyl (C=O) groups excluding carboxylic acids is 3. The van der Waals surface area contributed by atoms with Crippen LogP contribution in [0.4, 0.5) is 5.69 Å². The van der Waals surface area contributed by atoms with Gasteiger partial charge in [-0.3, -0.25) is 14.4 Å². The van der Waals surface area contributed by atoms with Gasteiger partial charge in [-0.25, -0.2) is 0 Å². The van der Waals surface area contributed by atoms with Gasteiger partial charge in [-0.2, -0.15) is 0 Å². The summed E-state index contributed by atoms with van der Waals surface area (Å²) in [6.07, 6.45) is 1.95. The molecule has 4 rings (SSSR count). The molecule has 0 saturated carbocycles. The quantitative estimate of drug-likeness (QED) is 0.490. The second-order valence-electron chi connectivity index (χ2n) is 9.46. The minimum atomic E-state index is -0.794. The summed E-state index contributed by atoms with van der Waals surface area (Å²) >= 11 is 0. The van der Waals surface area contributed by atoms with E-state index in [0.29, 0.717) is 12.2 Å². The SMILES string of the molecule is CNC(C)C(=O)NC(C(=O)N1Cc2ccccc2[C@H]1C(=O)Nc1cccc2c1ccn2C)C(C)C. The minimum Gasteiger partial charge on any atom is -0.350 e. The molecule has 2 unspecified atom stereocenters. The van der Waals surface area contributed by atoms with Crippen molar-refractivity contribution in [1.29, 1.82) is 0 Å². The number of anilines is 1. The van der Waals surface area contributed by atoms with Gasteiger partial charge in [0.1, 0.15) is 12.1 Å². The highest BCUT2D eigenvalue weighted by Gasteiger charge is 2.42. The summed E-state index contributed by atoms with van der Waals surface area (Å²) in [7, 11) is 3.65. The molecule has 0 fully saturated rings. The highest BCUT2D eigenvalue weighted by Crippen LogP contribution is 2.36. The highest BCUT2D eigenvalue weighted by atomic mass is 16.2. The number of carbonyl (C=O) groups is 3. The summed E-state index contributed by atoms with van der Waals surface area (Å²) in [5.74, 6) is -0.961. The van der Waals surface area contributed by atoms with Gasteiger partial charge < -0.3 is 25.4 Å². The molecule has 0 bridgehead atoms. The topological polar surface area (TPSA) is 95.5 Å². The molecular weight excluding hydrogens is 442 g/mol. The molecule has 0 aliphatic carbocycles. The predicted octanol–water partition coefficient (Wildman–Crippen LogP) is 2.95. The predicted molar refractivity (Wildman–Crippen MR) is 137 cm³/mol. The molecule has 0 radical (unpaired) electrons. The first-order valence-corrected chi connectivity index (χ1v) is 11.9. The molecule has 8 heteroatoms. The van der Waals surface area contributed by atoms with Gasteiger partial charge in [-0.15, -0.1) is 0 Å². The number of nitrogens with one attached hydrogen (secondary N) is 3. The van der Waals surface area contributed by atoms with E-state index in [9.17, 15) is 14.4 Å². The lowest BCUT2D eigenvalue weighted by atomic mass is 10.0. The second-order valence-corrected chi connectivity index (χ2v) is 9.46. The molecule has 1 aliphatic heterocycles. The van der Waals surface area contributed by atoms with Gasteiger partial charge in [-0.05, 0) is 49.2 Å². The summed E-state index contributed by atoms with van der Waals surface area (Å²) in [4.78, 5) is 41.7. The second kappa shape index (κ2) is 9.92. The summed E-state index contributed by atoms with van der Waals surface area (Å²) < 4.78 is 1.99. The number of benzene rings is 2. The Morgan fingerprint density at radius 2 is 1.74 bits per heavy atom. The Bertz CT molecular complexity index is 1260. The van der Waals surface area contributed by atoms with E-state index in [4.69, 9.17) is 0 Å². The summed E-state index contributed by atoms with van der Waals surface area (Å²) in [5, 5.41) is 9.77. The van der Waals surface area contributed by atoms with Gasteiger partial charge >= 0.3 is 0 Å². The Morgan fingerprint density at radius 3 is 2.46 bits per heavy atom. The number of likely N-dealkylation sites (N-methyl/N-ethyl adjacent to an activating group) is 1. The summed E-state index contributed by atoms with van der Waals surface area (Å²) in [6.45, 7) is 5.83. The van der Waals surface area contributed by atoms with Crippen molar-refractivity contribution in [2.24, 2.45) is 13.0 Å². The molecule has 3 aromatic rings. The van der Waals surface area contributed by atoms with E-state index >= 15 is 0 Å². The van der Waals surface area contributed by atoms with Crippen molar-refractivity contribution in [2.75, 3.05) is 12.4 Å². The lowest BCUT2D eigenvalue weighted by Gasteiger charge is -2.31. The van der Waals surface area contributed by atoms with Gasteiger partial charge in [0, 0.05) is 30.7 Å². The van der Waals surface area contributed by atoms with Gasteiger partial charge in [0.05, 0.1) is 11.7 Å². The van der Waals surface area contributed by atoms with Gasteiger partial charge in [0.25, 0.3) is 5.91 Å². The normalized spacial score (nSPS) is 16.7. The number of amides is 3. The van der Waals surface area contributed by atoms with E-state index in [0.717, 1.165) is 22.0 Å². The molecule has 2 aromatic carbocycles. The van der Waals surface area contributed by atoms with Crippen LogP contribution < -0.4 is 16.0 Å². The van der Waals surface area contributed by atoms with Crippen LogP contribution in [-0.2, 0) is 28.0 Å². The molecule has 0 spiro atoms. The molecule has 3 atom stereocenters. The first-order chi connectivity index (χ1) is 16.7. The first-order valence-electron chi connectivity index (χ1n) is 11.9. The Morgan fingerprint density at radius 1 is 1.00 bits per heavy atom. The van der Waals surface area contributed by atoms with E-state index in [1.54, 1.807) is 18.9 Å². The van der Waals surface area contributed by atoms with Crippen LogP contribution in [0.2, 0.25) is 0 Å². The number of rotatable bonds is 7. The number of fused-ring (bicyclic) bond motifs is 2. The molecule has 3 amide bonds. The van der Waals surface area contributed by atoms with Crippen LogP contribution >= 0.6 is 0 Å². The number of hydrogen-bond acceptors (Lipinski definition) is 4. The van der Waals surface area contributed by atoms with Crippen LogP contribution in [-0.4, -0.2) is 46.3 Å². The Kier molecular flexibility index (Phi) is 6.93. The molecule has 1 aromatic heterocycles. The van der Waals surface area contributed by atoms with Gasteiger partial charge in [0.15, 0.2) is 0 Å². The highest BCUT2D eigenvalue weighted by molar-refractivity contribution is 6.05. The van der Waals surface area contributed by atoms with Crippen LogP contribution in [0.5, 0.6) is 0 Å². The molecule has 0 saturated heterocycles. The smallest absolute Gasteiger partial charge is 0.251 e. The Balaban J connectivity index is 1.65. The summed E-state index contributed by atoms with van der Waals surface area (Å²) in [5.41, 5.74) is 3.43. The van der Waals surface area contributed by atoms with Crippen LogP contribution in [0.3, 0.4) is 0 Å². The van der Waals surface area contributed by atoms with Crippen molar-refractivity contribution >= 4 is 34.3 Å². The molecule has 3 N–H and O–H groups in total. The largest absolute Gasteiger partial charge is 0.350 e. The van der Waals surface area contributed by atoms with E-state index in [-0.39, 0.29) is 23.6 Å². The molecular formula is C27H33N5O3. The van der Waals surface area contributed by atoms with Crippen molar-refractivity contribution < 1.29 is 14.4 Å². The fourth-order valence-electron chi connectivity index (χ4n) is 4.59. The molecule has 8 nitrogen and oxygen atoms in total. The van der Waals surface area contributed by atoms with Crippen LogP contribution in [0.15, 0.2) is 54.7 Å². The van der Waals surface area contributed by atoms with Crippen molar-refractivity contribution in [3.05, 3.63) is 65.9 Å². The monoisotopic (exact) mass is 475 g/mol. The fraction of sp³-hybridized carbons (Fsp3) is 0.370. The maximum absolute atomic E-state index is 13.8. The van der Waals surface area contributed by atoms with Crippen LogP contribution in [0, 0.1) is 5.92 Å². The number of nitrogens with zero attached hydrogens (tertiary/aromatic N) is 2. The molecule has 1 aliphatic rings. The van der Waals surface area contributed by atoms with Gasteiger partial charge in [-0.1, -0.05) is 44.2 Å². The van der Waals surface area contributed by atoms with Crippen molar-refractivity contribution in [3.63, 3.8) is 0 Å². The lowest BCUT2D eigenvalue weighted by Crippen LogP contribution is -2.55. The maximum atomic E-state index is 13.8. The average molecular weight is 476 g/mol. The zero-order chi connectivity index (χ0) is 25.3. The van der Waals surface area contributed by atoms with E-state index in [1.165, 1.54) is 0 Å². The molecule has 35 heavy (non-hydrogen) atoms. The zero-order valence-corrected chi connectivity index (χ0v) is 20.8. The first kappa shape index (κ1) is 24.5. The molecule has 2 heterocycles. The van der Waals surface area contributed by atoms with E-state index in [1.807, 2.05) is 80.2 Å². The standard InChI is InChI=1S/C27H33N5O3/c1-16(2)23(30-25(33)17(3)28-4)27(35)32-15-18-9-6-7-10-19(18)24(32)26(34)29-21-11-8-12-22-20(21)13-14-31(22)5/h6-14,16-17,23-24,28H,15H2,1-5H3,(H,29,34)(H,30,33)/t17?,23?,24-/m0/s1. The van der Waals surface area contributed by atoms with Crippen molar-refractivity contribution in [2.45, 2.75) is 45.4 Å². The average Bonchev–Trinajstić information content (AvgIpc) is 3.42. The third-order valence-corrected chi connectivity index (χ3v) is 6.78. The number of aryl methyl sites for hydroxylation is 1. The summed E-state index contributed by atoms with van der Waals surface area (Å²) in [6, 6.07) is 13.3. The maximum Gasteiger partial charge on any atom is 0.251 e.